The van der Waals surface area contributed by atoms with E-state index >= 15 is 0 Å². The summed E-state index contributed by atoms with van der Waals surface area (Å²) in [6.45, 7) is 5.86. The van der Waals surface area contributed by atoms with E-state index in [1.165, 1.54) is 11.3 Å². The number of carbonyl (C=O) groups excluding carboxylic acids is 2. The summed E-state index contributed by atoms with van der Waals surface area (Å²) in [5.41, 5.74) is 3.09. The Morgan fingerprint density at radius 3 is 2.77 bits per heavy atom. The minimum atomic E-state index is -0.601. The third-order valence-corrected chi connectivity index (χ3v) is 7.60. The Morgan fingerprint density at radius 2 is 2.00 bits per heavy atom. The molecule has 1 aromatic carbocycles. The molecule has 3 aromatic heterocycles. The third kappa shape index (κ3) is 4.25. The molecule has 35 heavy (non-hydrogen) atoms. The highest BCUT2D eigenvalue weighted by molar-refractivity contribution is 7.17. The van der Waals surface area contributed by atoms with Gasteiger partial charge in [0.05, 0.1) is 12.2 Å². The lowest BCUT2D eigenvalue weighted by atomic mass is 9.95. The average Bonchev–Trinajstić information content (AvgIpc) is 3.58. The van der Waals surface area contributed by atoms with Crippen molar-refractivity contribution in [3.05, 3.63) is 52.2 Å². The van der Waals surface area contributed by atoms with Gasteiger partial charge in [0.25, 0.3) is 5.89 Å². The van der Waals surface area contributed by atoms with Gasteiger partial charge in [-0.2, -0.15) is 0 Å². The summed E-state index contributed by atoms with van der Waals surface area (Å²) in [5.74, 6) is 0.306. The van der Waals surface area contributed by atoms with Gasteiger partial charge in [0, 0.05) is 22.2 Å². The van der Waals surface area contributed by atoms with Gasteiger partial charge in [-0.1, -0.05) is 25.1 Å². The Hall–Kier alpha value is -3.46. The second kappa shape index (κ2) is 9.65. The zero-order valence-electron chi connectivity index (χ0n) is 20.1. The van der Waals surface area contributed by atoms with Crippen molar-refractivity contribution in [2.75, 3.05) is 11.9 Å². The highest BCUT2D eigenvalue weighted by Gasteiger charge is 2.30. The van der Waals surface area contributed by atoms with E-state index in [2.05, 4.69) is 15.5 Å². The fourth-order valence-electron chi connectivity index (χ4n) is 4.66. The number of aryl methyl sites for hydroxylation is 2. The molecule has 1 aliphatic carbocycles. The first kappa shape index (κ1) is 23.3. The number of nitrogens with zero attached hydrogens (tertiary/aromatic N) is 3. The van der Waals surface area contributed by atoms with Gasteiger partial charge in [-0.3, -0.25) is 4.79 Å². The van der Waals surface area contributed by atoms with Crippen molar-refractivity contribution < 1.29 is 18.7 Å². The molecule has 0 unspecified atom stereocenters. The summed E-state index contributed by atoms with van der Waals surface area (Å²) in [7, 11) is 0. The summed E-state index contributed by atoms with van der Waals surface area (Å²) >= 11 is 1.49. The maximum Gasteiger partial charge on any atom is 0.341 e. The molecule has 1 aliphatic rings. The number of hydrogen-bond acceptors (Lipinski definition) is 7. The number of carbonyl (C=O) groups is 2. The molecule has 0 bridgehead atoms. The Kier molecular flexibility index (Phi) is 6.42. The van der Waals surface area contributed by atoms with Gasteiger partial charge >= 0.3 is 5.97 Å². The van der Waals surface area contributed by atoms with Gasteiger partial charge in [0.1, 0.15) is 16.7 Å². The second-order valence-electron chi connectivity index (χ2n) is 8.61. The van der Waals surface area contributed by atoms with E-state index in [-0.39, 0.29) is 18.5 Å². The summed E-state index contributed by atoms with van der Waals surface area (Å²) in [6, 6.07) is 9.20. The normalized spacial score (nSPS) is 14.0. The summed E-state index contributed by atoms with van der Waals surface area (Å²) in [6.07, 6.45) is 4.49. The number of fused-ring (bicyclic) bond motifs is 2. The van der Waals surface area contributed by atoms with E-state index in [0.717, 1.165) is 47.0 Å². The molecule has 1 amide bonds. The van der Waals surface area contributed by atoms with E-state index in [1.54, 1.807) is 6.92 Å². The van der Waals surface area contributed by atoms with E-state index in [9.17, 15) is 9.59 Å². The molecular formula is C26H28N4O4S. The molecule has 9 heteroatoms. The fraction of sp³-hybridized carbons (Fsp3) is 0.385. The Balaban J connectivity index is 1.53. The number of benzene rings is 1. The van der Waals surface area contributed by atoms with Crippen molar-refractivity contribution in [2.45, 2.75) is 58.9 Å². The molecule has 182 valence electrons. The van der Waals surface area contributed by atoms with Crippen molar-refractivity contribution in [3.8, 4) is 11.6 Å². The second-order valence-corrected chi connectivity index (χ2v) is 9.72. The van der Waals surface area contributed by atoms with Crippen LogP contribution in [0, 0.1) is 0 Å². The van der Waals surface area contributed by atoms with E-state index in [1.807, 2.05) is 48.7 Å². The molecule has 0 radical (unpaired) electrons. The van der Waals surface area contributed by atoms with E-state index in [4.69, 9.17) is 9.15 Å². The number of ether oxygens (including phenoxy) is 1. The van der Waals surface area contributed by atoms with Crippen LogP contribution < -0.4 is 5.32 Å². The van der Waals surface area contributed by atoms with Crippen LogP contribution >= 0.6 is 11.3 Å². The van der Waals surface area contributed by atoms with Crippen LogP contribution in [-0.2, 0) is 28.8 Å². The summed E-state index contributed by atoms with van der Waals surface area (Å²) in [5, 5.41) is 12.9. The lowest BCUT2D eigenvalue weighted by molar-refractivity contribution is -0.118. The first-order chi connectivity index (χ1) is 17.0. The fourth-order valence-corrected chi connectivity index (χ4v) is 5.94. The quantitative estimate of drug-likeness (QED) is 0.339. The van der Waals surface area contributed by atoms with Crippen molar-refractivity contribution in [1.29, 1.82) is 0 Å². The van der Waals surface area contributed by atoms with Crippen LogP contribution in [0.25, 0.3) is 22.5 Å². The predicted octanol–water partition coefficient (Wildman–Crippen LogP) is 5.57. The molecule has 4 aromatic rings. The highest BCUT2D eigenvalue weighted by atomic mass is 32.1. The zero-order valence-corrected chi connectivity index (χ0v) is 20.9. The number of nitrogens with one attached hydrogen (secondary N) is 1. The highest BCUT2D eigenvalue weighted by Crippen LogP contribution is 2.39. The van der Waals surface area contributed by atoms with E-state index in [0.29, 0.717) is 34.5 Å². The van der Waals surface area contributed by atoms with Crippen LogP contribution in [-0.4, -0.2) is 33.2 Å². The van der Waals surface area contributed by atoms with Crippen LogP contribution in [0.2, 0.25) is 0 Å². The number of rotatable bonds is 7. The van der Waals surface area contributed by atoms with Gasteiger partial charge in [0.15, 0.2) is 0 Å². The first-order valence-corrected chi connectivity index (χ1v) is 12.9. The molecular weight excluding hydrogens is 464 g/mol. The maximum atomic E-state index is 13.6. The monoisotopic (exact) mass is 492 g/mol. The summed E-state index contributed by atoms with van der Waals surface area (Å²) in [4.78, 5) is 27.6. The third-order valence-electron chi connectivity index (χ3n) is 6.39. The van der Waals surface area contributed by atoms with Gasteiger partial charge in [-0.25, -0.2) is 4.79 Å². The minimum Gasteiger partial charge on any atom is -0.462 e. The van der Waals surface area contributed by atoms with Crippen molar-refractivity contribution in [1.82, 2.24) is 14.8 Å². The number of thiophene rings is 1. The average molecular weight is 493 g/mol. The van der Waals surface area contributed by atoms with E-state index < -0.39 is 6.04 Å². The molecule has 0 saturated heterocycles. The molecule has 5 rings (SSSR count). The zero-order chi connectivity index (χ0) is 24.5. The number of amides is 1. The maximum absolute atomic E-state index is 13.6. The number of aromatic nitrogens is 3. The Morgan fingerprint density at radius 1 is 1.20 bits per heavy atom. The van der Waals surface area contributed by atoms with Crippen LogP contribution in [0.3, 0.4) is 0 Å². The van der Waals surface area contributed by atoms with Crippen LogP contribution in [0.5, 0.6) is 0 Å². The topological polar surface area (TPSA) is 99.2 Å². The van der Waals surface area contributed by atoms with Crippen molar-refractivity contribution >= 4 is 39.1 Å². The molecule has 1 atom stereocenters. The number of hydrogen-bond donors (Lipinski definition) is 1. The van der Waals surface area contributed by atoms with Gasteiger partial charge in [-0.05, 0) is 57.2 Å². The number of para-hydroxylation sites is 1. The van der Waals surface area contributed by atoms with Crippen LogP contribution in [0.1, 0.15) is 66.3 Å². The SMILES string of the molecule is CCOC(=O)c1c(NC(=O)[C@H](C)n2c(-c3nnc(CC)o3)cc3ccccc32)sc2c1CCCC2. The van der Waals surface area contributed by atoms with Crippen molar-refractivity contribution in [3.63, 3.8) is 0 Å². The molecule has 3 heterocycles. The Labute approximate surface area is 207 Å². The molecule has 0 spiro atoms. The predicted molar refractivity (Wildman–Crippen MR) is 135 cm³/mol. The molecule has 0 saturated carbocycles. The smallest absolute Gasteiger partial charge is 0.341 e. The Bertz CT molecular complexity index is 1400. The minimum absolute atomic E-state index is 0.230. The summed E-state index contributed by atoms with van der Waals surface area (Å²) < 4.78 is 13.1. The van der Waals surface area contributed by atoms with Gasteiger partial charge in [-0.15, -0.1) is 21.5 Å². The first-order valence-electron chi connectivity index (χ1n) is 12.1. The standard InChI is InChI=1S/C26H28N4O4S/c1-4-21-28-29-24(34-21)19-14-16-10-6-8-12-18(16)30(19)15(3)23(31)27-25-22(26(32)33-5-2)17-11-7-9-13-20(17)35-25/h6,8,10,12,14-15H,4-5,7,9,11,13H2,1-3H3,(H,27,31)/t15-/m0/s1. The largest absolute Gasteiger partial charge is 0.462 e. The number of esters is 1. The molecule has 0 fully saturated rings. The molecule has 0 aliphatic heterocycles. The van der Waals surface area contributed by atoms with Crippen LogP contribution in [0.15, 0.2) is 34.7 Å². The van der Waals surface area contributed by atoms with Gasteiger partial charge in [0.2, 0.25) is 11.8 Å². The van der Waals surface area contributed by atoms with Crippen LogP contribution in [0.4, 0.5) is 5.00 Å². The molecule has 8 nitrogen and oxygen atoms in total. The van der Waals surface area contributed by atoms with Crippen molar-refractivity contribution in [2.24, 2.45) is 0 Å². The lowest BCUT2D eigenvalue weighted by Crippen LogP contribution is -2.25. The molecule has 1 N–H and O–H groups in total. The van der Waals surface area contributed by atoms with Gasteiger partial charge < -0.3 is 19.0 Å². The lowest BCUT2D eigenvalue weighted by Gasteiger charge is -2.18. The number of anilines is 1.